The Morgan fingerprint density at radius 2 is 1.78 bits per heavy atom. The lowest BCUT2D eigenvalue weighted by Crippen LogP contribution is -2.04. The molecule has 0 aliphatic carbocycles. The van der Waals surface area contributed by atoms with Crippen LogP contribution in [-0.4, -0.2) is 27.4 Å². The fourth-order valence-corrected chi connectivity index (χ4v) is 1.73. The predicted molar refractivity (Wildman–Crippen MR) is 73.5 cm³/mol. The normalized spacial score (nSPS) is 10.7. The molecule has 0 bridgehead atoms. The third-order valence-electron chi connectivity index (χ3n) is 2.65. The molecular formula is C15H24O3. The summed E-state index contributed by atoms with van der Waals surface area (Å²) in [6.07, 6.45) is 2.03. The maximum Gasteiger partial charge on any atom is 0.160 e. The van der Waals surface area contributed by atoms with E-state index in [0.29, 0.717) is 5.92 Å². The number of methoxy groups -OCH3 is 2. The summed E-state index contributed by atoms with van der Waals surface area (Å²) in [6.45, 7) is 5.97. The molecule has 0 N–H and O–H groups in total. The maximum absolute atomic E-state index is 5.56. The molecule has 0 spiro atoms. The third kappa shape index (κ3) is 4.96. The fourth-order valence-electron chi connectivity index (χ4n) is 1.73. The molecule has 0 saturated carbocycles. The van der Waals surface area contributed by atoms with Gasteiger partial charge in [-0.15, -0.1) is 0 Å². The Labute approximate surface area is 110 Å². The van der Waals surface area contributed by atoms with Crippen molar-refractivity contribution in [3.63, 3.8) is 0 Å². The molecule has 0 amide bonds. The van der Waals surface area contributed by atoms with Crippen molar-refractivity contribution in [2.45, 2.75) is 26.7 Å². The lowest BCUT2D eigenvalue weighted by molar-refractivity contribution is 0.108. The largest absolute Gasteiger partial charge is 0.493 e. The van der Waals surface area contributed by atoms with Gasteiger partial charge in [-0.1, -0.05) is 19.9 Å². The van der Waals surface area contributed by atoms with Gasteiger partial charge in [0.15, 0.2) is 11.5 Å². The zero-order valence-electron chi connectivity index (χ0n) is 11.9. The lowest BCUT2D eigenvalue weighted by Gasteiger charge is -2.10. The first-order chi connectivity index (χ1) is 8.67. The van der Waals surface area contributed by atoms with Gasteiger partial charge in [-0.25, -0.2) is 0 Å². The maximum atomic E-state index is 5.56. The van der Waals surface area contributed by atoms with E-state index < -0.39 is 0 Å². The van der Waals surface area contributed by atoms with Gasteiger partial charge in [0.1, 0.15) is 0 Å². The Kier molecular flexibility index (Phi) is 6.58. The minimum absolute atomic E-state index is 0.603. The number of hydrogen-bond donors (Lipinski definition) is 0. The van der Waals surface area contributed by atoms with Crippen LogP contribution in [0.4, 0.5) is 0 Å². The van der Waals surface area contributed by atoms with Crippen LogP contribution in [-0.2, 0) is 11.2 Å². The Balaban J connectivity index is 2.38. The van der Waals surface area contributed by atoms with Gasteiger partial charge in [-0.3, -0.25) is 0 Å². The smallest absolute Gasteiger partial charge is 0.160 e. The van der Waals surface area contributed by atoms with Crippen LogP contribution in [0.1, 0.15) is 25.8 Å². The highest BCUT2D eigenvalue weighted by Crippen LogP contribution is 2.27. The third-order valence-corrected chi connectivity index (χ3v) is 2.65. The highest BCUT2D eigenvalue weighted by molar-refractivity contribution is 5.42. The van der Waals surface area contributed by atoms with Gasteiger partial charge in [0.05, 0.1) is 14.2 Å². The molecule has 0 aliphatic rings. The van der Waals surface area contributed by atoms with E-state index in [0.717, 1.165) is 37.6 Å². The highest BCUT2D eigenvalue weighted by Gasteiger charge is 2.04. The standard InChI is InChI=1S/C15H24O3/c1-12(2)11-18-9-5-6-13-7-8-14(16-3)15(10-13)17-4/h7-8,10,12H,5-6,9,11H2,1-4H3. The van der Waals surface area contributed by atoms with E-state index in [1.807, 2.05) is 12.1 Å². The first kappa shape index (κ1) is 14.8. The zero-order chi connectivity index (χ0) is 13.4. The van der Waals surface area contributed by atoms with Crippen molar-refractivity contribution in [3.05, 3.63) is 23.8 Å². The summed E-state index contributed by atoms with van der Waals surface area (Å²) < 4.78 is 16.1. The van der Waals surface area contributed by atoms with E-state index in [-0.39, 0.29) is 0 Å². The Morgan fingerprint density at radius 1 is 1.06 bits per heavy atom. The molecule has 18 heavy (non-hydrogen) atoms. The SMILES string of the molecule is COc1ccc(CCCOCC(C)C)cc1OC. The summed E-state index contributed by atoms with van der Waals surface area (Å²) in [4.78, 5) is 0. The number of hydrogen-bond acceptors (Lipinski definition) is 3. The van der Waals surface area contributed by atoms with Crippen LogP contribution in [0.3, 0.4) is 0 Å². The van der Waals surface area contributed by atoms with E-state index in [2.05, 4.69) is 19.9 Å². The topological polar surface area (TPSA) is 27.7 Å². The van der Waals surface area contributed by atoms with Crippen LogP contribution in [0.25, 0.3) is 0 Å². The molecular weight excluding hydrogens is 228 g/mol. The molecule has 0 heterocycles. The second-order valence-electron chi connectivity index (χ2n) is 4.76. The molecule has 3 nitrogen and oxygen atoms in total. The van der Waals surface area contributed by atoms with Crippen molar-refractivity contribution in [2.75, 3.05) is 27.4 Å². The van der Waals surface area contributed by atoms with Crippen LogP contribution in [0.15, 0.2) is 18.2 Å². The van der Waals surface area contributed by atoms with Crippen LogP contribution in [0.5, 0.6) is 11.5 Å². The molecule has 1 aromatic rings. The summed E-state index contributed by atoms with van der Waals surface area (Å²) in [5.41, 5.74) is 1.25. The molecule has 0 atom stereocenters. The second kappa shape index (κ2) is 7.98. The van der Waals surface area contributed by atoms with Crippen molar-refractivity contribution in [1.82, 2.24) is 0 Å². The summed E-state index contributed by atoms with van der Waals surface area (Å²) in [6, 6.07) is 6.05. The van der Waals surface area contributed by atoms with Gasteiger partial charge in [-0.05, 0) is 36.5 Å². The van der Waals surface area contributed by atoms with E-state index in [4.69, 9.17) is 14.2 Å². The zero-order valence-corrected chi connectivity index (χ0v) is 11.9. The Hall–Kier alpha value is -1.22. The molecule has 0 unspecified atom stereocenters. The Morgan fingerprint density at radius 3 is 2.39 bits per heavy atom. The summed E-state index contributed by atoms with van der Waals surface area (Å²) in [5.74, 6) is 2.17. The minimum atomic E-state index is 0.603. The van der Waals surface area contributed by atoms with Gasteiger partial charge < -0.3 is 14.2 Å². The average molecular weight is 252 g/mol. The first-order valence-corrected chi connectivity index (χ1v) is 6.46. The van der Waals surface area contributed by atoms with Crippen molar-refractivity contribution in [3.8, 4) is 11.5 Å². The molecule has 0 radical (unpaired) electrons. The van der Waals surface area contributed by atoms with Crippen molar-refractivity contribution in [1.29, 1.82) is 0 Å². The van der Waals surface area contributed by atoms with Gasteiger partial charge >= 0.3 is 0 Å². The van der Waals surface area contributed by atoms with Gasteiger partial charge in [-0.2, -0.15) is 0 Å². The molecule has 0 fully saturated rings. The fraction of sp³-hybridized carbons (Fsp3) is 0.600. The second-order valence-corrected chi connectivity index (χ2v) is 4.76. The van der Waals surface area contributed by atoms with E-state index >= 15 is 0 Å². The number of rotatable bonds is 8. The number of benzene rings is 1. The predicted octanol–water partition coefficient (Wildman–Crippen LogP) is 3.31. The van der Waals surface area contributed by atoms with E-state index in [1.54, 1.807) is 14.2 Å². The van der Waals surface area contributed by atoms with Crippen LogP contribution >= 0.6 is 0 Å². The van der Waals surface area contributed by atoms with Gasteiger partial charge in [0.25, 0.3) is 0 Å². The molecule has 3 heteroatoms. The first-order valence-electron chi connectivity index (χ1n) is 6.46. The highest BCUT2D eigenvalue weighted by atomic mass is 16.5. The Bertz CT molecular complexity index is 348. The minimum Gasteiger partial charge on any atom is -0.493 e. The molecule has 1 aromatic carbocycles. The lowest BCUT2D eigenvalue weighted by atomic mass is 10.1. The quantitative estimate of drug-likeness (QED) is 0.664. The average Bonchev–Trinajstić information content (AvgIpc) is 2.37. The van der Waals surface area contributed by atoms with Gasteiger partial charge in [0, 0.05) is 13.2 Å². The van der Waals surface area contributed by atoms with Crippen molar-refractivity contribution in [2.24, 2.45) is 5.92 Å². The molecule has 0 aromatic heterocycles. The molecule has 0 saturated heterocycles. The van der Waals surface area contributed by atoms with Crippen LogP contribution in [0, 0.1) is 5.92 Å². The van der Waals surface area contributed by atoms with Crippen LogP contribution in [0.2, 0.25) is 0 Å². The molecule has 0 aliphatic heterocycles. The summed E-state index contributed by atoms with van der Waals surface area (Å²) in [5, 5.41) is 0. The van der Waals surface area contributed by atoms with E-state index in [9.17, 15) is 0 Å². The number of ether oxygens (including phenoxy) is 3. The van der Waals surface area contributed by atoms with Crippen LogP contribution < -0.4 is 9.47 Å². The van der Waals surface area contributed by atoms with E-state index in [1.165, 1.54) is 5.56 Å². The van der Waals surface area contributed by atoms with Gasteiger partial charge in [0.2, 0.25) is 0 Å². The summed E-state index contributed by atoms with van der Waals surface area (Å²) in [7, 11) is 3.31. The van der Waals surface area contributed by atoms with Crippen molar-refractivity contribution < 1.29 is 14.2 Å². The van der Waals surface area contributed by atoms with Crippen molar-refractivity contribution >= 4 is 0 Å². The summed E-state index contributed by atoms with van der Waals surface area (Å²) >= 11 is 0. The monoisotopic (exact) mass is 252 g/mol. The number of aryl methyl sites for hydroxylation is 1. The molecule has 102 valence electrons. The molecule has 1 rings (SSSR count).